The van der Waals surface area contributed by atoms with E-state index in [9.17, 15) is 9.59 Å². The predicted molar refractivity (Wildman–Crippen MR) is 113 cm³/mol. The van der Waals surface area contributed by atoms with Crippen molar-refractivity contribution in [3.63, 3.8) is 0 Å². The standard InChI is InChI=1S/C23H27N3O4/c1-3-14(2)21(23(28)25-17-8-9-19-20(11-17)30-13-29-19)26-22(27)18-10-15-6-4-5-7-16(15)12-24-18/h4-9,11,14,18,21,24H,3,10,12-13H2,1-2H3,(H,25,28)(H,26,27)/t14-,18-,21+/m0/s1. The Balaban J connectivity index is 1.43. The second-order valence-electron chi connectivity index (χ2n) is 7.84. The maximum absolute atomic E-state index is 13.0. The first-order chi connectivity index (χ1) is 14.5. The van der Waals surface area contributed by atoms with Gasteiger partial charge in [-0.25, -0.2) is 0 Å². The first-order valence-electron chi connectivity index (χ1n) is 10.4. The van der Waals surface area contributed by atoms with E-state index in [-0.39, 0.29) is 30.6 Å². The monoisotopic (exact) mass is 409 g/mol. The first kappa shape index (κ1) is 20.2. The molecule has 0 unspecified atom stereocenters. The summed E-state index contributed by atoms with van der Waals surface area (Å²) in [6, 6.07) is 12.4. The third-order valence-electron chi connectivity index (χ3n) is 5.83. The lowest BCUT2D eigenvalue weighted by Crippen LogP contribution is -2.55. The fraction of sp³-hybridized carbons (Fsp3) is 0.391. The van der Waals surface area contributed by atoms with Gasteiger partial charge in [0, 0.05) is 18.3 Å². The minimum absolute atomic E-state index is 0.0150. The number of amides is 2. The summed E-state index contributed by atoms with van der Waals surface area (Å²) in [6.45, 7) is 4.79. The van der Waals surface area contributed by atoms with E-state index in [1.165, 1.54) is 11.1 Å². The summed E-state index contributed by atoms with van der Waals surface area (Å²) in [7, 11) is 0. The van der Waals surface area contributed by atoms with E-state index in [1.807, 2.05) is 26.0 Å². The second-order valence-corrected chi connectivity index (χ2v) is 7.84. The predicted octanol–water partition coefficient (Wildman–Crippen LogP) is 2.60. The van der Waals surface area contributed by atoms with Gasteiger partial charge in [0.1, 0.15) is 6.04 Å². The number of rotatable bonds is 6. The van der Waals surface area contributed by atoms with Crippen molar-refractivity contribution in [3.8, 4) is 11.5 Å². The zero-order valence-corrected chi connectivity index (χ0v) is 17.2. The fourth-order valence-electron chi connectivity index (χ4n) is 3.79. The summed E-state index contributed by atoms with van der Waals surface area (Å²) >= 11 is 0. The molecule has 2 aliphatic heterocycles. The van der Waals surface area contributed by atoms with Crippen molar-refractivity contribution in [1.29, 1.82) is 0 Å². The zero-order chi connectivity index (χ0) is 21.1. The minimum atomic E-state index is -0.633. The number of benzene rings is 2. The molecule has 0 spiro atoms. The average molecular weight is 409 g/mol. The number of hydrogen-bond acceptors (Lipinski definition) is 5. The lowest BCUT2D eigenvalue weighted by atomic mass is 9.94. The second kappa shape index (κ2) is 8.75. The highest BCUT2D eigenvalue weighted by molar-refractivity contribution is 5.98. The lowest BCUT2D eigenvalue weighted by Gasteiger charge is -2.29. The zero-order valence-electron chi connectivity index (χ0n) is 17.2. The summed E-state index contributed by atoms with van der Waals surface area (Å²) in [5.74, 6) is 0.840. The smallest absolute Gasteiger partial charge is 0.247 e. The number of anilines is 1. The molecule has 0 aliphatic carbocycles. The van der Waals surface area contributed by atoms with Crippen LogP contribution in [0.3, 0.4) is 0 Å². The molecule has 158 valence electrons. The Morgan fingerprint density at radius 1 is 1.13 bits per heavy atom. The van der Waals surface area contributed by atoms with Gasteiger partial charge in [0.25, 0.3) is 0 Å². The summed E-state index contributed by atoms with van der Waals surface area (Å²) < 4.78 is 10.7. The molecule has 2 aliphatic rings. The Morgan fingerprint density at radius 3 is 2.70 bits per heavy atom. The van der Waals surface area contributed by atoms with Gasteiger partial charge < -0.3 is 25.4 Å². The fourth-order valence-corrected chi connectivity index (χ4v) is 3.79. The maximum Gasteiger partial charge on any atom is 0.247 e. The van der Waals surface area contributed by atoms with Gasteiger partial charge in [-0.1, -0.05) is 44.5 Å². The quantitative estimate of drug-likeness (QED) is 0.683. The molecule has 0 bridgehead atoms. The van der Waals surface area contributed by atoms with Crippen LogP contribution in [0.1, 0.15) is 31.4 Å². The third-order valence-corrected chi connectivity index (χ3v) is 5.83. The van der Waals surface area contributed by atoms with Crippen molar-refractivity contribution < 1.29 is 19.1 Å². The SMILES string of the molecule is CC[C@H](C)[C@@H](NC(=O)[C@@H]1Cc2ccccc2CN1)C(=O)Nc1ccc2c(c1)OCO2. The molecular weight excluding hydrogens is 382 g/mol. The minimum Gasteiger partial charge on any atom is -0.454 e. The average Bonchev–Trinajstić information content (AvgIpc) is 3.24. The summed E-state index contributed by atoms with van der Waals surface area (Å²) in [4.78, 5) is 26.0. The largest absolute Gasteiger partial charge is 0.454 e. The Labute approximate surface area is 176 Å². The molecule has 0 aromatic heterocycles. The maximum atomic E-state index is 13.0. The molecule has 4 rings (SSSR count). The van der Waals surface area contributed by atoms with Gasteiger partial charge in [-0.3, -0.25) is 9.59 Å². The number of hydrogen-bond donors (Lipinski definition) is 3. The van der Waals surface area contributed by atoms with Crippen LogP contribution in [0, 0.1) is 5.92 Å². The van der Waals surface area contributed by atoms with Crippen LogP contribution in [-0.4, -0.2) is 30.7 Å². The van der Waals surface area contributed by atoms with Gasteiger partial charge in [-0.2, -0.15) is 0 Å². The normalized spacial score (nSPS) is 18.8. The van der Waals surface area contributed by atoms with Crippen LogP contribution >= 0.6 is 0 Å². The molecule has 2 aromatic rings. The molecule has 2 heterocycles. The molecule has 0 saturated heterocycles. The molecule has 3 atom stereocenters. The van der Waals surface area contributed by atoms with E-state index in [0.717, 1.165) is 6.42 Å². The van der Waals surface area contributed by atoms with E-state index in [4.69, 9.17) is 9.47 Å². The topological polar surface area (TPSA) is 88.7 Å². The number of carbonyl (C=O) groups excluding carboxylic acids is 2. The third kappa shape index (κ3) is 4.26. The highest BCUT2D eigenvalue weighted by atomic mass is 16.7. The van der Waals surface area contributed by atoms with Gasteiger partial charge >= 0.3 is 0 Å². The molecule has 0 saturated carbocycles. The molecule has 7 heteroatoms. The van der Waals surface area contributed by atoms with Gasteiger partial charge in [0.15, 0.2) is 11.5 Å². The molecule has 2 amide bonds. The van der Waals surface area contributed by atoms with Crippen LogP contribution in [-0.2, 0) is 22.6 Å². The van der Waals surface area contributed by atoms with E-state index in [1.54, 1.807) is 18.2 Å². The molecule has 30 heavy (non-hydrogen) atoms. The summed E-state index contributed by atoms with van der Waals surface area (Å²) in [6.07, 6.45) is 1.37. The van der Waals surface area contributed by atoms with Gasteiger partial charge in [-0.15, -0.1) is 0 Å². The Hall–Kier alpha value is -3.06. The van der Waals surface area contributed by atoms with Gasteiger partial charge in [0.05, 0.1) is 6.04 Å². The van der Waals surface area contributed by atoms with E-state index in [0.29, 0.717) is 30.2 Å². The highest BCUT2D eigenvalue weighted by Crippen LogP contribution is 2.34. The lowest BCUT2D eigenvalue weighted by molar-refractivity contribution is -0.129. The molecular formula is C23H27N3O4. The molecule has 7 nitrogen and oxygen atoms in total. The van der Waals surface area contributed by atoms with Crippen LogP contribution in [0.25, 0.3) is 0 Å². The Morgan fingerprint density at radius 2 is 1.90 bits per heavy atom. The Kier molecular flexibility index (Phi) is 5.90. The van der Waals surface area contributed by atoms with Crippen LogP contribution in [0.2, 0.25) is 0 Å². The van der Waals surface area contributed by atoms with Gasteiger partial charge in [0.2, 0.25) is 18.6 Å². The van der Waals surface area contributed by atoms with Crippen molar-refractivity contribution in [2.45, 2.75) is 45.3 Å². The molecule has 0 fully saturated rings. The van der Waals surface area contributed by atoms with Crippen molar-refractivity contribution in [2.24, 2.45) is 5.92 Å². The van der Waals surface area contributed by atoms with Crippen molar-refractivity contribution in [2.75, 3.05) is 12.1 Å². The number of ether oxygens (including phenoxy) is 2. The number of fused-ring (bicyclic) bond motifs is 2. The van der Waals surface area contributed by atoms with E-state index in [2.05, 4.69) is 28.1 Å². The number of carbonyl (C=O) groups is 2. The van der Waals surface area contributed by atoms with Crippen molar-refractivity contribution >= 4 is 17.5 Å². The van der Waals surface area contributed by atoms with Crippen LogP contribution < -0.4 is 25.4 Å². The molecule has 3 N–H and O–H groups in total. The van der Waals surface area contributed by atoms with E-state index >= 15 is 0 Å². The van der Waals surface area contributed by atoms with Crippen LogP contribution in [0.4, 0.5) is 5.69 Å². The van der Waals surface area contributed by atoms with Crippen molar-refractivity contribution in [1.82, 2.24) is 10.6 Å². The van der Waals surface area contributed by atoms with Gasteiger partial charge in [-0.05, 0) is 35.6 Å². The van der Waals surface area contributed by atoms with Crippen LogP contribution in [0.15, 0.2) is 42.5 Å². The van der Waals surface area contributed by atoms with Crippen molar-refractivity contribution in [3.05, 3.63) is 53.6 Å². The van der Waals surface area contributed by atoms with E-state index < -0.39 is 6.04 Å². The highest BCUT2D eigenvalue weighted by Gasteiger charge is 2.31. The molecule has 0 radical (unpaired) electrons. The van der Waals surface area contributed by atoms with Crippen LogP contribution in [0.5, 0.6) is 11.5 Å². The Bertz CT molecular complexity index is 946. The summed E-state index contributed by atoms with van der Waals surface area (Å²) in [5.41, 5.74) is 2.98. The molecule has 2 aromatic carbocycles. The first-order valence-corrected chi connectivity index (χ1v) is 10.4. The number of nitrogens with one attached hydrogen (secondary N) is 3. The summed E-state index contributed by atoms with van der Waals surface area (Å²) in [5, 5.41) is 9.15.